The Labute approximate surface area is 131 Å². The second-order valence-electron chi connectivity index (χ2n) is 6.13. The Balaban J connectivity index is 1.80. The molecule has 112 valence electrons. The van der Waals surface area contributed by atoms with E-state index in [-0.39, 0.29) is 0 Å². The number of piperidine rings is 1. The highest BCUT2D eigenvalue weighted by atomic mass is 35.5. The molecule has 3 rings (SSSR count). The molecule has 2 N–H and O–H groups in total. The van der Waals surface area contributed by atoms with E-state index in [1.165, 1.54) is 6.42 Å². The minimum atomic E-state index is 0.589. The standard InChI is InChI=1S/C17H22ClN3/c1-12-6-7-21(11-15(12)9-19)10-14-8-13-4-2-3-5-16(13)20-17(14)18/h2-5,8,12,15H,6-7,9-11,19H2,1H3. The molecular formula is C17H22ClN3. The van der Waals surface area contributed by atoms with E-state index in [0.717, 1.165) is 48.6 Å². The summed E-state index contributed by atoms with van der Waals surface area (Å²) in [5, 5.41) is 1.77. The van der Waals surface area contributed by atoms with Crippen molar-refractivity contribution in [3.05, 3.63) is 41.0 Å². The molecule has 1 saturated heterocycles. The van der Waals surface area contributed by atoms with E-state index in [0.29, 0.717) is 11.1 Å². The minimum absolute atomic E-state index is 0.589. The molecule has 0 saturated carbocycles. The number of rotatable bonds is 3. The number of benzene rings is 1. The number of para-hydroxylation sites is 1. The Bertz CT molecular complexity index is 628. The predicted octanol–water partition coefficient (Wildman–Crippen LogP) is 3.30. The van der Waals surface area contributed by atoms with Crippen molar-refractivity contribution in [2.45, 2.75) is 19.9 Å². The monoisotopic (exact) mass is 303 g/mol. The summed E-state index contributed by atoms with van der Waals surface area (Å²) in [4.78, 5) is 6.96. The van der Waals surface area contributed by atoms with Crippen molar-refractivity contribution in [3.8, 4) is 0 Å². The molecule has 0 radical (unpaired) electrons. The summed E-state index contributed by atoms with van der Waals surface area (Å²) >= 11 is 6.36. The SMILES string of the molecule is CC1CCN(Cc2cc3ccccc3nc2Cl)CC1CN. The second-order valence-corrected chi connectivity index (χ2v) is 6.49. The molecule has 21 heavy (non-hydrogen) atoms. The number of nitrogens with zero attached hydrogens (tertiary/aromatic N) is 2. The van der Waals surface area contributed by atoms with Crippen LogP contribution in [0.1, 0.15) is 18.9 Å². The van der Waals surface area contributed by atoms with Crippen LogP contribution in [0.15, 0.2) is 30.3 Å². The summed E-state index contributed by atoms with van der Waals surface area (Å²) in [7, 11) is 0. The van der Waals surface area contributed by atoms with Gasteiger partial charge in [0.15, 0.2) is 0 Å². The highest BCUT2D eigenvalue weighted by Gasteiger charge is 2.25. The summed E-state index contributed by atoms with van der Waals surface area (Å²) in [5.74, 6) is 1.31. The van der Waals surface area contributed by atoms with E-state index < -0.39 is 0 Å². The van der Waals surface area contributed by atoms with Crippen LogP contribution < -0.4 is 5.73 Å². The van der Waals surface area contributed by atoms with Crippen molar-refractivity contribution >= 4 is 22.5 Å². The third kappa shape index (κ3) is 3.20. The number of fused-ring (bicyclic) bond motifs is 1. The van der Waals surface area contributed by atoms with Crippen LogP contribution in [0, 0.1) is 11.8 Å². The van der Waals surface area contributed by atoms with Gasteiger partial charge in [-0.15, -0.1) is 0 Å². The summed E-state index contributed by atoms with van der Waals surface area (Å²) in [5.41, 5.74) is 7.96. The average molecular weight is 304 g/mol. The third-order valence-corrected chi connectivity index (χ3v) is 4.97. The van der Waals surface area contributed by atoms with Crippen LogP contribution in [0.25, 0.3) is 10.9 Å². The number of nitrogens with two attached hydrogens (primary N) is 1. The zero-order valence-electron chi connectivity index (χ0n) is 12.4. The van der Waals surface area contributed by atoms with Crippen molar-refractivity contribution in [2.75, 3.05) is 19.6 Å². The van der Waals surface area contributed by atoms with E-state index in [2.05, 4.69) is 28.9 Å². The molecule has 3 nitrogen and oxygen atoms in total. The maximum atomic E-state index is 6.36. The molecule has 2 unspecified atom stereocenters. The van der Waals surface area contributed by atoms with Gasteiger partial charge in [0, 0.05) is 24.0 Å². The van der Waals surface area contributed by atoms with Crippen LogP contribution in [0.3, 0.4) is 0 Å². The van der Waals surface area contributed by atoms with E-state index in [1.54, 1.807) is 0 Å². The fourth-order valence-electron chi connectivity index (χ4n) is 3.16. The number of hydrogen-bond donors (Lipinski definition) is 1. The largest absolute Gasteiger partial charge is 0.330 e. The van der Waals surface area contributed by atoms with Gasteiger partial charge >= 0.3 is 0 Å². The van der Waals surface area contributed by atoms with Crippen molar-refractivity contribution in [1.29, 1.82) is 0 Å². The summed E-state index contributed by atoms with van der Waals surface area (Å²) in [6, 6.07) is 10.3. The highest BCUT2D eigenvalue weighted by Crippen LogP contribution is 2.26. The van der Waals surface area contributed by atoms with E-state index >= 15 is 0 Å². The van der Waals surface area contributed by atoms with Gasteiger partial charge in [0.2, 0.25) is 0 Å². The van der Waals surface area contributed by atoms with E-state index in [9.17, 15) is 0 Å². The van der Waals surface area contributed by atoms with Gasteiger partial charge in [0.1, 0.15) is 5.15 Å². The van der Waals surface area contributed by atoms with Crippen LogP contribution in [0.4, 0.5) is 0 Å². The van der Waals surface area contributed by atoms with Gasteiger partial charge in [-0.2, -0.15) is 0 Å². The van der Waals surface area contributed by atoms with Gasteiger partial charge in [-0.3, -0.25) is 4.90 Å². The van der Waals surface area contributed by atoms with E-state index in [1.807, 2.05) is 18.2 Å². The molecule has 0 bridgehead atoms. The first kappa shape index (κ1) is 14.8. The number of halogens is 1. The quantitative estimate of drug-likeness (QED) is 0.885. The van der Waals surface area contributed by atoms with Gasteiger partial charge in [-0.25, -0.2) is 4.98 Å². The molecular weight excluding hydrogens is 282 g/mol. The Morgan fingerprint density at radius 1 is 1.38 bits per heavy atom. The number of hydrogen-bond acceptors (Lipinski definition) is 3. The third-order valence-electron chi connectivity index (χ3n) is 4.64. The van der Waals surface area contributed by atoms with Gasteiger partial charge in [0.05, 0.1) is 5.52 Å². The van der Waals surface area contributed by atoms with Gasteiger partial charge in [-0.05, 0) is 43.5 Å². The molecule has 4 heteroatoms. The average Bonchev–Trinajstić information content (AvgIpc) is 2.50. The molecule has 0 amide bonds. The van der Waals surface area contributed by atoms with Crippen molar-refractivity contribution < 1.29 is 0 Å². The minimum Gasteiger partial charge on any atom is -0.330 e. The predicted molar refractivity (Wildman–Crippen MR) is 88.4 cm³/mol. The Hall–Kier alpha value is -1.16. The van der Waals surface area contributed by atoms with Gasteiger partial charge in [-0.1, -0.05) is 36.7 Å². The molecule has 2 aromatic rings. The lowest BCUT2D eigenvalue weighted by atomic mass is 9.87. The molecule has 0 aliphatic carbocycles. The van der Waals surface area contributed by atoms with Crippen molar-refractivity contribution in [1.82, 2.24) is 9.88 Å². The van der Waals surface area contributed by atoms with Gasteiger partial charge < -0.3 is 5.73 Å². The van der Waals surface area contributed by atoms with Crippen molar-refractivity contribution in [2.24, 2.45) is 17.6 Å². The van der Waals surface area contributed by atoms with E-state index in [4.69, 9.17) is 17.3 Å². The molecule has 2 heterocycles. The maximum absolute atomic E-state index is 6.36. The number of aromatic nitrogens is 1. The molecule has 1 aliphatic heterocycles. The lowest BCUT2D eigenvalue weighted by Crippen LogP contribution is -2.42. The molecule has 1 aromatic carbocycles. The molecule has 1 aliphatic rings. The fraction of sp³-hybridized carbons (Fsp3) is 0.471. The zero-order valence-corrected chi connectivity index (χ0v) is 13.2. The fourth-order valence-corrected chi connectivity index (χ4v) is 3.37. The van der Waals surface area contributed by atoms with Crippen LogP contribution in [0.2, 0.25) is 5.15 Å². The lowest BCUT2D eigenvalue weighted by molar-refractivity contribution is 0.126. The Morgan fingerprint density at radius 3 is 3.00 bits per heavy atom. The lowest BCUT2D eigenvalue weighted by Gasteiger charge is -2.36. The molecule has 0 spiro atoms. The smallest absolute Gasteiger partial charge is 0.134 e. The highest BCUT2D eigenvalue weighted by molar-refractivity contribution is 6.30. The molecule has 1 aromatic heterocycles. The maximum Gasteiger partial charge on any atom is 0.134 e. The number of pyridine rings is 1. The number of likely N-dealkylation sites (tertiary alicyclic amines) is 1. The van der Waals surface area contributed by atoms with Crippen molar-refractivity contribution in [3.63, 3.8) is 0 Å². The summed E-state index contributed by atoms with van der Waals surface area (Å²) < 4.78 is 0. The first-order valence-corrected chi connectivity index (χ1v) is 8.01. The first-order valence-electron chi connectivity index (χ1n) is 7.64. The topological polar surface area (TPSA) is 42.2 Å². The second kappa shape index (κ2) is 6.30. The van der Waals surface area contributed by atoms with Gasteiger partial charge in [0.25, 0.3) is 0 Å². The van der Waals surface area contributed by atoms with Crippen LogP contribution in [0.5, 0.6) is 0 Å². The normalized spacial score (nSPS) is 23.6. The molecule has 1 fully saturated rings. The summed E-state index contributed by atoms with van der Waals surface area (Å²) in [6.45, 7) is 6.10. The van der Waals surface area contributed by atoms with Crippen LogP contribution >= 0.6 is 11.6 Å². The Kier molecular flexibility index (Phi) is 4.43. The summed E-state index contributed by atoms with van der Waals surface area (Å²) in [6.07, 6.45) is 1.21. The van der Waals surface area contributed by atoms with Crippen LogP contribution in [-0.2, 0) is 6.54 Å². The zero-order chi connectivity index (χ0) is 14.8. The van der Waals surface area contributed by atoms with Crippen LogP contribution in [-0.4, -0.2) is 29.5 Å². The first-order chi connectivity index (χ1) is 10.2. The Morgan fingerprint density at radius 2 is 2.19 bits per heavy atom. The molecule has 2 atom stereocenters.